The van der Waals surface area contributed by atoms with Gasteiger partial charge < -0.3 is 14.4 Å². The lowest BCUT2D eigenvalue weighted by Gasteiger charge is -2.41. The van der Waals surface area contributed by atoms with Crippen molar-refractivity contribution >= 4 is 17.9 Å². The Bertz CT molecular complexity index is 852. The number of aldehydes is 1. The van der Waals surface area contributed by atoms with Crippen molar-refractivity contribution < 1.29 is 14.3 Å². The van der Waals surface area contributed by atoms with E-state index < -0.39 is 5.66 Å². The van der Waals surface area contributed by atoms with Crippen LogP contribution in [0.1, 0.15) is 12.5 Å². The average Bonchev–Trinajstić information content (AvgIpc) is 3.08. The van der Waals surface area contributed by atoms with Gasteiger partial charge in [-0.1, -0.05) is 6.07 Å². The van der Waals surface area contributed by atoms with Gasteiger partial charge in [-0.3, -0.25) is 9.69 Å². The van der Waals surface area contributed by atoms with Crippen LogP contribution in [0.2, 0.25) is 0 Å². The number of nitrogens with zero attached hydrogens (tertiary/aromatic N) is 5. The first-order valence-electron chi connectivity index (χ1n) is 9.29. The van der Waals surface area contributed by atoms with Gasteiger partial charge in [0.25, 0.3) is 0 Å². The van der Waals surface area contributed by atoms with Crippen molar-refractivity contribution in [2.24, 2.45) is 4.99 Å². The summed E-state index contributed by atoms with van der Waals surface area (Å²) < 4.78 is 10.6. The number of aromatic nitrogens is 2. The summed E-state index contributed by atoms with van der Waals surface area (Å²) >= 11 is 0. The maximum Gasteiger partial charge on any atom is 0.212 e. The van der Waals surface area contributed by atoms with Gasteiger partial charge in [-0.15, -0.1) is 0 Å². The highest BCUT2D eigenvalue weighted by molar-refractivity contribution is 6.13. The van der Waals surface area contributed by atoms with Gasteiger partial charge in [0.2, 0.25) is 5.88 Å². The van der Waals surface area contributed by atoms with Crippen molar-refractivity contribution in [3.8, 4) is 5.88 Å². The lowest BCUT2D eigenvalue weighted by atomic mass is 10.0. The molecule has 146 valence electrons. The van der Waals surface area contributed by atoms with E-state index in [-0.39, 0.29) is 6.04 Å². The second-order valence-electron chi connectivity index (χ2n) is 6.76. The van der Waals surface area contributed by atoms with Gasteiger partial charge in [0.15, 0.2) is 11.9 Å². The van der Waals surface area contributed by atoms with Gasteiger partial charge >= 0.3 is 0 Å². The molecule has 28 heavy (non-hydrogen) atoms. The van der Waals surface area contributed by atoms with E-state index in [1.807, 2.05) is 36.1 Å². The molecule has 8 heteroatoms. The summed E-state index contributed by atoms with van der Waals surface area (Å²) in [7, 11) is 1.58. The third-order valence-corrected chi connectivity index (χ3v) is 5.31. The normalized spacial score (nSPS) is 25.4. The van der Waals surface area contributed by atoms with Gasteiger partial charge in [-0.05, 0) is 25.1 Å². The van der Waals surface area contributed by atoms with E-state index in [0.29, 0.717) is 38.0 Å². The lowest BCUT2D eigenvalue weighted by molar-refractivity contribution is -0.122. The number of ether oxygens (including phenoxy) is 2. The quantitative estimate of drug-likeness (QED) is 0.724. The monoisotopic (exact) mass is 381 g/mol. The Morgan fingerprint density at radius 3 is 2.64 bits per heavy atom. The summed E-state index contributed by atoms with van der Waals surface area (Å²) in [5.74, 6) is 1.93. The van der Waals surface area contributed by atoms with Crippen molar-refractivity contribution in [1.29, 1.82) is 0 Å². The van der Waals surface area contributed by atoms with Crippen molar-refractivity contribution in [1.82, 2.24) is 14.9 Å². The molecule has 2 unspecified atom stereocenters. The zero-order valence-corrected chi connectivity index (χ0v) is 16.0. The fraction of sp³-hybridized carbons (Fsp3) is 0.400. The standard InChI is InChI=1S/C20H23N5O3/c1-15-20(14-26,24-9-11-28-12-10-24)23-19(16-6-7-18(27-2)22-13-16)25(15)17-5-3-4-8-21-17/h3-8,13-15H,9-12H2,1-2H3. The van der Waals surface area contributed by atoms with Crippen LogP contribution in [0, 0.1) is 0 Å². The van der Waals surface area contributed by atoms with E-state index in [9.17, 15) is 4.79 Å². The number of rotatable bonds is 5. The third-order valence-electron chi connectivity index (χ3n) is 5.31. The molecule has 2 aromatic heterocycles. The number of pyridine rings is 2. The number of morpholine rings is 1. The van der Waals surface area contributed by atoms with Crippen LogP contribution in [-0.2, 0) is 9.53 Å². The summed E-state index contributed by atoms with van der Waals surface area (Å²) in [6, 6.07) is 9.15. The van der Waals surface area contributed by atoms with Crippen LogP contribution < -0.4 is 9.64 Å². The second-order valence-corrected chi connectivity index (χ2v) is 6.76. The van der Waals surface area contributed by atoms with Gasteiger partial charge in [-0.2, -0.15) is 0 Å². The molecule has 0 N–H and O–H groups in total. The number of carbonyl (C=O) groups excluding carboxylic acids is 1. The maximum absolute atomic E-state index is 12.4. The van der Waals surface area contributed by atoms with Crippen LogP contribution in [0.3, 0.4) is 0 Å². The molecule has 0 saturated carbocycles. The molecule has 1 fully saturated rings. The largest absolute Gasteiger partial charge is 0.481 e. The number of amidine groups is 1. The van der Waals surface area contributed by atoms with Crippen LogP contribution in [0.5, 0.6) is 5.88 Å². The summed E-state index contributed by atoms with van der Waals surface area (Å²) in [6.45, 7) is 4.47. The van der Waals surface area contributed by atoms with E-state index in [0.717, 1.165) is 17.7 Å². The van der Waals surface area contributed by atoms with Crippen molar-refractivity contribution in [3.05, 3.63) is 48.3 Å². The van der Waals surface area contributed by atoms with E-state index in [1.165, 1.54) is 0 Å². The number of carbonyl (C=O) groups is 1. The highest BCUT2D eigenvalue weighted by Crippen LogP contribution is 2.35. The summed E-state index contributed by atoms with van der Waals surface area (Å²) in [4.78, 5) is 30.3. The van der Waals surface area contributed by atoms with Crippen molar-refractivity contribution in [3.63, 3.8) is 0 Å². The first kappa shape index (κ1) is 18.5. The second kappa shape index (κ2) is 7.65. The Labute approximate surface area is 163 Å². The number of hydrogen-bond acceptors (Lipinski definition) is 8. The predicted molar refractivity (Wildman–Crippen MR) is 105 cm³/mol. The van der Waals surface area contributed by atoms with Crippen LogP contribution >= 0.6 is 0 Å². The fourth-order valence-electron chi connectivity index (χ4n) is 3.79. The Balaban J connectivity index is 1.82. The van der Waals surface area contributed by atoms with Gasteiger partial charge in [0.1, 0.15) is 11.7 Å². The number of aliphatic imine (C=N–C) groups is 1. The van der Waals surface area contributed by atoms with E-state index in [4.69, 9.17) is 14.5 Å². The minimum atomic E-state index is -1.00. The van der Waals surface area contributed by atoms with Gasteiger partial charge in [0, 0.05) is 37.1 Å². The molecule has 8 nitrogen and oxygen atoms in total. The minimum absolute atomic E-state index is 0.241. The summed E-state index contributed by atoms with van der Waals surface area (Å²) in [5.41, 5.74) is -0.202. The molecule has 0 spiro atoms. The molecule has 2 aliphatic heterocycles. The molecular formula is C20H23N5O3. The van der Waals surface area contributed by atoms with Crippen LogP contribution in [0.25, 0.3) is 0 Å². The fourth-order valence-corrected chi connectivity index (χ4v) is 3.79. The Hall–Kier alpha value is -2.84. The van der Waals surface area contributed by atoms with Crippen molar-refractivity contribution in [2.75, 3.05) is 38.3 Å². The smallest absolute Gasteiger partial charge is 0.212 e. The first-order valence-corrected chi connectivity index (χ1v) is 9.29. The van der Waals surface area contributed by atoms with E-state index in [2.05, 4.69) is 14.9 Å². The van der Waals surface area contributed by atoms with Crippen molar-refractivity contribution in [2.45, 2.75) is 18.6 Å². The van der Waals surface area contributed by atoms with Crippen LogP contribution in [0.4, 0.5) is 5.82 Å². The zero-order valence-electron chi connectivity index (χ0n) is 16.0. The predicted octanol–water partition coefficient (Wildman–Crippen LogP) is 1.37. The number of hydrogen-bond donors (Lipinski definition) is 0. The molecule has 2 atom stereocenters. The molecular weight excluding hydrogens is 358 g/mol. The molecule has 4 heterocycles. The Morgan fingerprint density at radius 1 is 1.21 bits per heavy atom. The molecule has 4 rings (SSSR count). The topological polar surface area (TPSA) is 80.1 Å². The average molecular weight is 381 g/mol. The summed E-state index contributed by atoms with van der Waals surface area (Å²) in [5, 5.41) is 0. The molecule has 2 aromatic rings. The molecule has 2 aliphatic rings. The third kappa shape index (κ3) is 3.04. The van der Waals surface area contributed by atoms with Crippen LogP contribution in [0.15, 0.2) is 47.7 Å². The Morgan fingerprint density at radius 2 is 2.04 bits per heavy atom. The van der Waals surface area contributed by atoms with Crippen LogP contribution in [-0.4, -0.2) is 72.1 Å². The highest BCUT2D eigenvalue weighted by Gasteiger charge is 2.51. The summed E-state index contributed by atoms with van der Waals surface area (Å²) in [6.07, 6.45) is 4.39. The lowest BCUT2D eigenvalue weighted by Crippen LogP contribution is -2.60. The molecule has 0 aliphatic carbocycles. The molecule has 0 bridgehead atoms. The van der Waals surface area contributed by atoms with Gasteiger partial charge in [0.05, 0.1) is 26.4 Å². The number of methoxy groups -OCH3 is 1. The zero-order chi connectivity index (χ0) is 19.6. The van der Waals surface area contributed by atoms with Gasteiger partial charge in [-0.25, -0.2) is 15.0 Å². The highest BCUT2D eigenvalue weighted by atomic mass is 16.5. The maximum atomic E-state index is 12.4. The minimum Gasteiger partial charge on any atom is -0.481 e. The number of anilines is 1. The van der Waals surface area contributed by atoms with E-state index in [1.54, 1.807) is 25.6 Å². The first-order chi connectivity index (χ1) is 13.7. The molecule has 0 aromatic carbocycles. The molecule has 0 radical (unpaired) electrons. The van der Waals surface area contributed by atoms with E-state index >= 15 is 0 Å². The molecule has 0 amide bonds. The SMILES string of the molecule is COc1ccc(C2=NC(C=O)(N3CCOCC3)C(C)N2c2ccccn2)cn1. The Kier molecular flexibility index (Phi) is 5.06. The molecule has 1 saturated heterocycles.